The van der Waals surface area contributed by atoms with Gasteiger partial charge in [-0.3, -0.25) is 4.79 Å². The van der Waals surface area contributed by atoms with Crippen LogP contribution in [0, 0.1) is 0 Å². The van der Waals surface area contributed by atoms with Crippen LogP contribution in [0.1, 0.15) is 44.2 Å². The minimum absolute atomic E-state index is 0.128. The molecule has 3 nitrogen and oxygen atoms in total. The summed E-state index contributed by atoms with van der Waals surface area (Å²) in [6.45, 7) is 3.01. The van der Waals surface area contributed by atoms with Crippen LogP contribution in [-0.2, 0) is 4.79 Å². The normalized spacial score (nSPS) is 18.3. The molecule has 0 aliphatic carbocycles. The predicted molar refractivity (Wildman–Crippen MR) is 84.6 cm³/mol. The van der Waals surface area contributed by atoms with E-state index in [2.05, 4.69) is 40.0 Å². The highest BCUT2D eigenvalue weighted by Gasteiger charge is 2.24. The summed E-state index contributed by atoms with van der Waals surface area (Å²) in [7, 11) is 0. The Morgan fingerprint density at radius 2 is 2.15 bits per heavy atom. The Morgan fingerprint density at radius 3 is 3.00 bits per heavy atom. The smallest absolute Gasteiger partial charge is 0.223 e. The van der Waals surface area contributed by atoms with E-state index >= 15 is 0 Å². The molecule has 1 aromatic heterocycles. The largest absolute Gasteiger partial charge is 0.361 e. The van der Waals surface area contributed by atoms with Gasteiger partial charge in [-0.25, -0.2) is 0 Å². The van der Waals surface area contributed by atoms with Gasteiger partial charge in [0.2, 0.25) is 5.91 Å². The molecule has 2 heterocycles. The molecule has 1 aliphatic rings. The fourth-order valence-corrected chi connectivity index (χ4v) is 3.40. The van der Waals surface area contributed by atoms with Crippen LogP contribution in [0.2, 0.25) is 0 Å². The highest BCUT2D eigenvalue weighted by molar-refractivity contribution is 9.10. The number of hydrogen-bond acceptors (Lipinski definition) is 1. The number of carbonyl (C=O) groups is 1. The van der Waals surface area contributed by atoms with E-state index in [9.17, 15) is 4.79 Å². The van der Waals surface area contributed by atoms with Crippen LogP contribution >= 0.6 is 15.9 Å². The molecule has 1 fully saturated rings. The standard InChI is InChI=1S/C16H19BrN2O/c1-11(19-8-4-2-3-5-16(19)20)14-10-18-15-7-6-12(17)9-13(14)15/h6-7,9-11,18H,2-5,8H2,1H3. The van der Waals surface area contributed by atoms with Crippen LogP contribution in [0.15, 0.2) is 28.9 Å². The van der Waals surface area contributed by atoms with E-state index in [1.165, 1.54) is 10.9 Å². The van der Waals surface area contributed by atoms with E-state index in [-0.39, 0.29) is 6.04 Å². The van der Waals surface area contributed by atoms with Crippen molar-refractivity contribution in [3.8, 4) is 0 Å². The summed E-state index contributed by atoms with van der Waals surface area (Å²) >= 11 is 3.53. The van der Waals surface area contributed by atoms with Crippen molar-refractivity contribution < 1.29 is 4.79 Å². The molecule has 4 heteroatoms. The molecule has 1 amide bonds. The molecule has 1 aliphatic heterocycles. The number of aromatic amines is 1. The van der Waals surface area contributed by atoms with Crippen LogP contribution in [-0.4, -0.2) is 22.3 Å². The molecule has 3 rings (SSSR count). The number of carbonyl (C=O) groups excluding carboxylic acids is 1. The summed E-state index contributed by atoms with van der Waals surface area (Å²) in [4.78, 5) is 17.6. The lowest BCUT2D eigenvalue weighted by Gasteiger charge is -2.28. The number of amides is 1. The van der Waals surface area contributed by atoms with Crippen molar-refractivity contribution in [1.29, 1.82) is 0 Å². The Labute approximate surface area is 127 Å². The molecule has 1 unspecified atom stereocenters. The van der Waals surface area contributed by atoms with Gasteiger partial charge in [-0.2, -0.15) is 0 Å². The Balaban J connectivity index is 1.96. The first-order valence-electron chi connectivity index (χ1n) is 7.23. The second-order valence-electron chi connectivity index (χ2n) is 5.51. The predicted octanol–water partition coefficient (Wildman–Crippen LogP) is 4.39. The van der Waals surface area contributed by atoms with Crippen molar-refractivity contribution in [2.75, 3.05) is 6.54 Å². The number of rotatable bonds is 2. The molecule has 0 radical (unpaired) electrons. The Kier molecular flexibility index (Phi) is 3.83. The number of nitrogens with one attached hydrogen (secondary N) is 1. The lowest BCUT2D eigenvalue weighted by Crippen LogP contribution is -2.32. The van der Waals surface area contributed by atoms with Crippen molar-refractivity contribution in [3.63, 3.8) is 0 Å². The van der Waals surface area contributed by atoms with Gasteiger partial charge in [-0.1, -0.05) is 22.4 Å². The number of likely N-dealkylation sites (tertiary alicyclic amines) is 1. The molecule has 1 saturated heterocycles. The maximum atomic E-state index is 12.3. The maximum Gasteiger partial charge on any atom is 0.223 e. The highest BCUT2D eigenvalue weighted by Crippen LogP contribution is 2.31. The maximum absolute atomic E-state index is 12.3. The van der Waals surface area contributed by atoms with Gasteiger partial charge in [0.1, 0.15) is 0 Å². The average molecular weight is 335 g/mol. The first-order chi connectivity index (χ1) is 9.66. The van der Waals surface area contributed by atoms with Gasteiger partial charge in [0.15, 0.2) is 0 Å². The number of benzene rings is 1. The summed E-state index contributed by atoms with van der Waals surface area (Å²) in [5.74, 6) is 0.291. The first kappa shape index (κ1) is 13.7. The van der Waals surface area contributed by atoms with E-state index in [0.29, 0.717) is 12.3 Å². The zero-order chi connectivity index (χ0) is 14.1. The van der Waals surface area contributed by atoms with Gasteiger partial charge in [0.25, 0.3) is 0 Å². The molecule has 1 aromatic carbocycles. The van der Waals surface area contributed by atoms with Crippen molar-refractivity contribution in [1.82, 2.24) is 9.88 Å². The Morgan fingerprint density at radius 1 is 1.30 bits per heavy atom. The van der Waals surface area contributed by atoms with Crippen molar-refractivity contribution >= 4 is 32.7 Å². The Bertz CT molecular complexity index is 634. The van der Waals surface area contributed by atoms with Gasteiger partial charge in [0.05, 0.1) is 6.04 Å². The van der Waals surface area contributed by atoms with Crippen LogP contribution in [0.25, 0.3) is 10.9 Å². The fraction of sp³-hybridized carbons (Fsp3) is 0.438. The second kappa shape index (κ2) is 5.60. The third-order valence-corrected chi connectivity index (χ3v) is 4.70. The minimum atomic E-state index is 0.128. The van der Waals surface area contributed by atoms with Crippen LogP contribution in [0.5, 0.6) is 0 Å². The fourth-order valence-electron chi connectivity index (χ4n) is 3.04. The molecule has 0 spiro atoms. The average Bonchev–Trinajstić information content (AvgIpc) is 2.72. The number of hydrogen-bond donors (Lipinski definition) is 1. The molecule has 1 atom stereocenters. The molecule has 0 saturated carbocycles. The van der Waals surface area contributed by atoms with Crippen LogP contribution in [0.4, 0.5) is 0 Å². The topological polar surface area (TPSA) is 36.1 Å². The van der Waals surface area contributed by atoms with Gasteiger partial charge in [0, 0.05) is 34.5 Å². The molecular formula is C16H19BrN2O. The first-order valence-corrected chi connectivity index (χ1v) is 8.02. The second-order valence-corrected chi connectivity index (χ2v) is 6.42. The molecule has 20 heavy (non-hydrogen) atoms. The molecule has 2 aromatic rings. The van der Waals surface area contributed by atoms with Crippen molar-refractivity contribution in [2.45, 2.75) is 38.6 Å². The van der Waals surface area contributed by atoms with E-state index in [1.807, 2.05) is 17.2 Å². The Hall–Kier alpha value is -1.29. The van der Waals surface area contributed by atoms with Crippen LogP contribution < -0.4 is 0 Å². The van der Waals surface area contributed by atoms with Gasteiger partial charge < -0.3 is 9.88 Å². The minimum Gasteiger partial charge on any atom is -0.361 e. The lowest BCUT2D eigenvalue weighted by molar-refractivity contribution is -0.132. The number of nitrogens with zero attached hydrogens (tertiary/aromatic N) is 1. The van der Waals surface area contributed by atoms with E-state index < -0.39 is 0 Å². The van der Waals surface area contributed by atoms with E-state index in [4.69, 9.17) is 0 Å². The zero-order valence-electron chi connectivity index (χ0n) is 11.7. The summed E-state index contributed by atoms with van der Waals surface area (Å²) < 4.78 is 1.07. The lowest BCUT2D eigenvalue weighted by atomic mass is 10.1. The van der Waals surface area contributed by atoms with E-state index in [0.717, 1.165) is 35.8 Å². The van der Waals surface area contributed by atoms with E-state index in [1.54, 1.807) is 0 Å². The SMILES string of the molecule is CC(c1c[nH]c2ccc(Br)cc12)N1CCCCCC1=O. The number of fused-ring (bicyclic) bond motifs is 1. The number of aromatic nitrogens is 1. The number of H-pyrrole nitrogens is 1. The van der Waals surface area contributed by atoms with Gasteiger partial charge >= 0.3 is 0 Å². The molecule has 0 bridgehead atoms. The van der Waals surface area contributed by atoms with Crippen molar-refractivity contribution in [2.24, 2.45) is 0 Å². The number of halogens is 1. The van der Waals surface area contributed by atoms with Crippen molar-refractivity contribution in [3.05, 3.63) is 34.4 Å². The van der Waals surface area contributed by atoms with Crippen LogP contribution in [0.3, 0.4) is 0 Å². The highest BCUT2D eigenvalue weighted by atomic mass is 79.9. The summed E-state index contributed by atoms with van der Waals surface area (Å²) in [5, 5.41) is 1.20. The van der Waals surface area contributed by atoms with Gasteiger partial charge in [-0.15, -0.1) is 0 Å². The van der Waals surface area contributed by atoms with Gasteiger partial charge in [-0.05, 0) is 43.5 Å². The molecule has 1 N–H and O–H groups in total. The summed E-state index contributed by atoms with van der Waals surface area (Å²) in [6, 6.07) is 6.35. The molecular weight excluding hydrogens is 316 g/mol. The third-order valence-electron chi connectivity index (χ3n) is 4.20. The molecule has 106 valence electrons. The summed E-state index contributed by atoms with van der Waals surface area (Å²) in [5.41, 5.74) is 2.33. The summed E-state index contributed by atoms with van der Waals surface area (Å²) in [6.07, 6.45) is 6.04. The monoisotopic (exact) mass is 334 g/mol. The third kappa shape index (κ3) is 2.49. The quantitative estimate of drug-likeness (QED) is 0.868. The zero-order valence-corrected chi connectivity index (χ0v) is 13.2.